The minimum absolute atomic E-state index is 0.0127. The monoisotopic (exact) mass is 840 g/mol. The predicted molar refractivity (Wildman–Crippen MR) is 225 cm³/mol. The zero-order valence-corrected chi connectivity index (χ0v) is 34.0. The molecule has 2 unspecified atom stereocenters. The molecular weight excluding hydrogens is 792 g/mol. The number of carbonyl (C=O) groups excluding carboxylic acids is 4. The molecule has 322 valence electrons. The fraction of sp³-hybridized carbons (Fsp3) is 0.217. The Labute approximate surface area is 352 Å². The van der Waals surface area contributed by atoms with E-state index in [1.807, 2.05) is 31.2 Å². The Morgan fingerprint density at radius 3 is 1.36 bits per heavy atom. The van der Waals surface area contributed by atoms with Crippen LogP contribution in [-0.4, -0.2) is 104 Å². The smallest absolute Gasteiger partial charge is 0.331 e. The van der Waals surface area contributed by atoms with Crippen LogP contribution >= 0.6 is 0 Å². The van der Waals surface area contributed by atoms with E-state index in [0.717, 1.165) is 16.7 Å². The van der Waals surface area contributed by atoms with Crippen molar-refractivity contribution in [2.45, 2.75) is 19.1 Å². The molecule has 0 saturated heterocycles. The molecular formula is C46H48O15. The van der Waals surface area contributed by atoms with Crippen molar-refractivity contribution >= 4 is 48.2 Å². The van der Waals surface area contributed by atoms with E-state index in [-0.39, 0.29) is 42.8 Å². The van der Waals surface area contributed by atoms with Crippen LogP contribution in [0.5, 0.6) is 28.7 Å². The summed E-state index contributed by atoms with van der Waals surface area (Å²) < 4.78 is 35.0. The lowest BCUT2D eigenvalue weighted by Crippen LogP contribution is -2.27. The highest BCUT2D eigenvalue weighted by molar-refractivity contribution is 5.89. The maximum Gasteiger partial charge on any atom is 0.331 e. The Hall–Kier alpha value is -7.36. The molecule has 0 heterocycles. The highest BCUT2D eigenvalue weighted by Gasteiger charge is 2.14. The summed E-state index contributed by atoms with van der Waals surface area (Å²) in [6.45, 7) is 0.528. The van der Waals surface area contributed by atoms with Crippen LogP contribution in [0.25, 0.3) is 24.3 Å². The highest BCUT2D eigenvalue weighted by atomic mass is 16.6. The quantitative estimate of drug-likeness (QED) is 0.0524. The van der Waals surface area contributed by atoms with Gasteiger partial charge < -0.3 is 53.6 Å². The number of hydrogen-bond acceptors (Lipinski definition) is 15. The molecule has 0 bridgehead atoms. The SMILES string of the molecule is COc1cc(/C=C/C(=O)OCC(CO)OC(=O)/C=C/c2ccc(C)cc2)ccc1O.COc1ccc(/C=C/C(=O)OCC(O)COC(=O)/C=C/c2ccc(O)c(OC)c2)cc1. The van der Waals surface area contributed by atoms with Crippen molar-refractivity contribution in [1.82, 2.24) is 0 Å². The van der Waals surface area contributed by atoms with Gasteiger partial charge in [-0.1, -0.05) is 54.1 Å². The normalized spacial score (nSPS) is 12.0. The first-order valence-corrected chi connectivity index (χ1v) is 18.5. The van der Waals surface area contributed by atoms with E-state index in [0.29, 0.717) is 16.9 Å². The summed E-state index contributed by atoms with van der Waals surface area (Å²) in [5, 5.41) is 38.3. The first kappa shape index (κ1) is 48.0. The molecule has 0 amide bonds. The van der Waals surface area contributed by atoms with Gasteiger partial charge in [0.15, 0.2) is 29.1 Å². The van der Waals surface area contributed by atoms with Crippen molar-refractivity contribution in [3.8, 4) is 28.7 Å². The van der Waals surface area contributed by atoms with E-state index in [9.17, 15) is 39.6 Å². The van der Waals surface area contributed by atoms with Crippen molar-refractivity contribution < 1.29 is 72.8 Å². The number of carbonyl (C=O) groups is 4. The lowest BCUT2D eigenvalue weighted by atomic mass is 10.1. The number of methoxy groups -OCH3 is 3. The van der Waals surface area contributed by atoms with Crippen molar-refractivity contribution in [2.24, 2.45) is 0 Å². The number of aliphatic hydroxyl groups is 2. The van der Waals surface area contributed by atoms with E-state index in [1.54, 1.807) is 67.8 Å². The topological polar surface area (TPSA) is 214 Å². The number of aryl methyl sites for hydroxylation is 1. The van der Waals surface area contributed by atoms with Crippen LogP contribution in [0.15, 0.2) is 109 Å². The number of phenolic OH excluding ortho intramolecular Hbond substituents is 2. The lowest BCUT2D eigenvalue weighted by Gasteiger charge is -2.13. The number of esters is 4. The molecule has 0 aliphatic heterocycles. The van der Waals surface area contributed by atoms with E-state index in [1.165, 1.54) is 62.8 Å². The molecule has 0 aromatic heterocycles. The number of hydrogen-bond donors (Lipinski definition) is 4. The molecule has 4 N–H and O–H groups in total. The zero-order valence-electron chi connectivity index (χ0n) is 34.0. The van der Waals surface area contributed by atoms with Gasteiger partial charge in [0.05, 0.1) is 27.9 Å². The standard InChI is InChI=1S/C23H24O8.C23H24O7/c1-28-19-8-3-16(4-9-19)6-11-22(26)30-14-18(24)15-31-23(27)12-7-17-5-10-20(25)21(13-17)29-2;1-16-3-5-17(6-4-16)8-12-23(27)30-19(14-24)15-29-22(26)11-9-18-7-10-20(25)21(13-18)28-2/h3-13,18,24-25H,14-15H2,1-2H3;3-13,19,24-25H,14-15H2,1-2H3/b11-6+,12-7+;11-9+,12-8+. The number of aromatic hydroxyl groups is 2. The van der Waals surface area contributed by atoms with Gasteiger partial charge in [-0.2, -0.15) is 0 Å². The molecule has 4 rings (SSSR count). The van der Waals surface area contributed by atoms with Gasteiger partial charge in [0, 0.05) is 24.3 Å². The van der Waals surface area contributed by atoms with Crippen LogP contribution in [0, 0.1) is 6.92 Å². The van der Waals surface area contributed by atoms with E-state index in [4.69, 9.17) is 33.2 Å². The maximum atomic E-state index is 11.9. The first-order chi connectivity index (χ1) is 29.3. The average molecular weight is 841 g/mol. The summed E-state index contributed by atoms with van der Waals surface area (Å²) in [7, 11) is 4.40. The zero-order chi connectivity index (χ0) is 44.6. The Balaban J connectivity index is 0.000000325. The van der Waals surface area contributed by atoms with E-state index < -0.39 is 42.7 Å². The molecule has 0 aliphatic carbocycles. The third-order valence-electron chi connectivity index (χ3n) is 7.98. The molecule has 0 saturated carbocycles. The van der Waals surface area contributed by atoms with Crippen LogP contribution in [-0.2, 0) is 38.1 Å². The average Bonchev–Trinajstić information content (AvgIpc) is 3.27. The minimum Gasteiger partial charge on any atom is -0.504 e. The van der Waals surface area contributed by atoms with Gasteiger partial charge in [-0.25, -0.2) is 19.2 Å². The van der Waals surface area contributed by atoms with Crippen LogP contribution in [0.4, 0.5) is 0 Å². The second kappa shape index (κ2) is 25.9. The molecule has 61 heavy (non-hydrogen) atoms. The number of benzene rings is 4. The molecule has 4 aromatic rings. The van der Waals surface area contributed by atoms with E-state index >= 15 is 0 Å². The molecule has 0 radical (unpaired) electrons. The fourth-order valence-corrected chi connectivity index (χ4v) is 4.70. The van der Waals surface area contributed by atoms with Gasteiger partial charge in [-0.05, 0) is 89.9 Å². The minimum atomic E-state index is -1.16. The first-order valence-electron chi connectivity index (χ1n) is 18.5. The summed E-state index contributed by atoms with van der Waals surface area (Å²) in [6.07, 6.45) is 8.80. The largest absolute Gasteiger partial charge is 0.504 e. The van der Waals surface area contributed by atoms with Crippen LogP contribution < -0.4 is 14.2 Å². The summed E-state index contributed by atoms with van der Waals surface area (Å²) in [4.78, 5) is 47.2. The summed E-state index contributed by atoms with van der Waals surface area (Å²) in [5.41, 5.74) is 3.96. The molecule has 15 heteroatoms. The Morgan fingerprint density at radius 1 is 0.541 bits per heavy atom. The van der Waals surface area contributed by atoms with Gasteiger partial charge in [0.1, 0.15) is 31.7 Å². The van der Waals surface area contributed by atoms with Gasteiger partial charge >= 0.3 is 23.9 Å². The van der Waals surface area contributed by atoms with Crippen molar-refractivity contribution in [3.05, 3.63) is 137 Å². The Kier molecular flexibility index (Phi) is 20.4. The lowest BCUT2D eigenvalue weighted by molar-refractivity contribution is -0.154. The van der Waals surface area contributed by atoms with Crippen LogP contribution in [0.2, 0.25) is 0 Å². The third kappa shape index (κ3) is 18.4. The van der Waals surface area contributed by atoms with Crippen molar-refractivity contribution in [1.29, 1.82) is 0 Å². The van der Waals surface area contributed by atoms with E-state index in [2.05, 4.69) is 0 Å². The summed E-state index contributed by atoms with van der Waals surface area (Å²) in [5.74, 6) is -1.43. The van der Waals surface area contributed by atoms with Gasteiger partial charge in [-0.3, -0.25) is 0 Å². The molecule has 15 nitrogen and oxygen atoms in total. The number of rotatable bonds is 19. The number of ether oxygens (including phenoxy) is 7. The predicted octanol–water partition coefficient (Wildman–Crippen LogP) is 5.47. The molecule has 2 atom stereocenters. The Morgan fingerprint density at radius 2 is 0.934 bits per heavy atom. The molecule has 0 spiro atoms. The van der Waals surface area contributed by atoms with Crippen molar-refractivity contribution in [2.75, 3.05) is 47.8 Å². The van der Waals surface area contributed by atoms with Gasteiger partial charge in [0.25, 0.3) is 0 Å². The molecule has 4 aromatic carbocycles. The van der Waals surface area contributed by atoms with Crippen molar-refractivity contribution in [3.63, 3.8) is 0 Å². The summed E-state index contributed by atoms with van der Waals surface area (Å²) >= 11 is 0. The maximum absolute atomic E-state index is 11.9. The second-order valence-electron chi connectivity index (χ2n) is 12.7. The fourth-order valence-electron chi connectivity index (χ4n) is 4.70. The third-order valence-corrected chi connectivity index (χ3v) is 7.98. The van der Waals surface area contributed by atoms with Crippen LogP contribution in [0.1, 0.15) is 27.8 Å². The second-order valence-corrected chi connectivity index (χ2v) is 12.7. The van der Waals surface area contributed by atoms with Gasteiger partial charge in [-0.15, -0.1) is 0 Å². The highest BCUT2D eigenvalue weighted by Crippen LogP contribution is 2.27. The Bertz CT molecular complexity index is 2150. The number of phenols is 2. The summed E-state index contributed by atoms with van der Waals surface area (Å²) in [6, 6.07) is 23.8. The molecule has 0 fully saturated rings. The van der Waals surface area contributed by atoms with Crippen LogP contribution in [0.3, 0.4) is 0 Å². The number of aliphatic hydroxyl groups excluding tert-OH is 2. The van der Waals surface area contributed by atoms with Gasteiger partial charge in [0.2, 0.25) is 0 Å². The molecule has 0 aliphatic rings.